The van der Waals surface area contributed by atoms with Crippen molar-refractivity contribution in [1.82, 2.24) is 4.57 Å². The molecule has 2 aromatic rings. The second-order valence-corrected chi connectivity index (χ2v) is 9.07. The van der Waals surface area contributed by atoms with Crippen LogP contribution in [0.3, 0.4) is 0 Å². The lowest BCUT2D eigenvalue weighted by molar-refractivity contribution is 0.598. The third-order valence-electron chi connectivity index (χ3n) is 6.69. The number of pyridine rings is 1. The molecule has 4 heteroatoms. The summed E-state index contributed by atoms with van der Waals surface area (Å²) in [4.78, 5) is 2.31. The molecular formula is C27H26FN3. The average Bonchev–Trinajstić information content (AvgIpc) is 2.72. The van der Waals surface area contributed by atoms with Gasteiger partial charge in [0.15, 0.2) is 0 Å². The van der Waals surface area contributed by atoms with Gasteiger partial charge in [0, 0.05) is 41.9 Å². The van der Waals surface area contributed by atoms with Crippen LogP contribution in [-0.4, -0.2) is 17.2 Å². The minimum absolute atomic E-state index is 0.0834. The summed E-state index contributed by atoms with van der Waals surface area (Å²) < 4.78 is 16.4. The molecule has 31 heavy (non-hydrogen) atoms. The first kappa shape index (κ1) is 19.6. The molecule has 0 unspecified atom stereocenters. The summed E-state index contributed by atoms with van der Waals surface area (Å²) in [6, 6.07) is 16.8. The number of hydrogen-bond donors (Lipinski definition) is 1. The Kier molecular flexibility index (Phi) is 4.13. The van der Waals surface area contributed by atoms with Gasteiger partial charge in [0.05, 0.1) is 22.1 Å². The summed E-state index contributed by atoms with van der Waals surface area (Å²) in [6.45, 7) is 6.60. The monoisotopic (exact) mass is 411 g/mol. The van der Waals surface area contributed by atoms with Crippen LogP contribution in [0.25, 0.3) is 38.9 Å². The van der Waals surface area contributed by atoms with E-state index in [1.807, 2.05) is 18.2 Å². The van der Waals surface area contributed by atoms with E-state index < -0.39 is 0 Å². The smallest absolute Gasteiger partial charge is 0.123 e. The Hall–Kier alpha value is -3.40. The van der Waals surface area contributed by atoms with Crippen LogP contribution in [0.5, 0.6) is 0 Å². The van der Waals surface area contributed by atoms with Crippen molar-refractivity contribution < 1.29 is 4.39 Å². The second kappa shape index (κ2) is 6.55. The standard InChI is InChI=1S/C27H26FN3/c1-16-15-27(2,3)31(5)22-12-11-21-25(17-7-6-8-18(28)13-17)20-10-9-19(29)14-23(20)30(4)26(21)24(16)22/h6-15,29H,1-5H3. The van der Waals surface area contributed by atoms with Crippen molar-refractivity contribution in [3.8, 4) is 22.4 Å². The molecule has 2 aromatic carbocycles. The van der Waals surface area contributed by atoms with Crippen LogP contribution in [0.4, 0.5) is 10.1 Å². The van der Waals surface area contributed by atoms with Crippen LogP contribution in [0.1, 0.15) is 26.3 Å². The maximum atomic E-state index is 14.2. The lowest BCUT2D eigenvalue weighted by atomic mass is 9.85. The Bertz CT molecular complexity index is 1420. The SMILES string of the molecule is CC1=CC(C)(C)N(C)c2ccc3c(-c4cccc(F)c4)c4ccc(=N)cc-4n(C)c3c21. The largest absolute Gasteiger partial charge is 0.365 e. The van der Waals surface area contributed by atoms with E-state index in [1.165, 1.54) is 22.9 Å². The van der Waals surface area contributed by atoms with Crippen LogP contribution in [-0.2, 0) is 7.05 Å². The average molecular weight is 412 g/mol. The normalized spacial score (nSPS) is 15.3. The molecule has 0 saturated heterocycles. The summed E-state index contributed by atoms with van der Waals surface area (Å²) in [5, 5.41) is 9.75. The Labute approximate surface area is 181 Å². The van der Waals surface area contributed by atoms with Gasteiger partial charge in [-0.15, -0.1) is 0 Å². The second-order valence-electron chi connectivity index (χ2n) is 9.07. The van der Waals surface area contributed by atoms with Crippen molar-refractivity contribution in [3.05, 3.63) is 77.4 Å². The van der Waals surface area contributed by atoms with Crippen LogP contribution in [0.2, 0.25) is 0 Å². The van der Waals surface area contributed by atoms with Gasteiger partial charge >= 0.3 is 0 Å². The molecule has 2 heterocycles. The molecule has 0 saturated carbocycles. The van der Waals surface area contributed by atoms with Gasteiger partial charge in [0.2, 0.25) is 0 Å². The number of aryl methyl sites for hydroxylation is 1. The number of nitrogens with zero attached hydrogens (tertiary/aromatic N) is 2. The maximum Gasteiger partial charge on any atom is 0.123 e. The lowest BCUT2D eigenvalue weighted by Crippen LogP contribution is -2.42. The van der Waals surface area contributed by atoms with E-state index in [2.05, 4.69) is 62.5 Å². The molecule has 0 atom stereocenters. The fourth-order valence-electron chi connectivity index (χ4n) is 5.05. The molecule has 3 nitrogen and oxygen atoms in total. The van der Waals surface area contributed by atoms with E-state index in [1.54, 1.807) is 18.2 Å². The fourth-order valence-corrected chi connectivity index (χ4v) is 5.05. The highest BCUT2D eigenvalue weighted by Gasteiger charge is 2.31. The molecule has 0 radical (unpaired) electrons. The molecule has 0 bridgehead atoms. The molecule has 5 rings (SSSR count). The molecule has 1 aliphatic carbocycles. The number of nitrogens with one attached hydrogen (secondary N) is 1. The van der Waals surface area contributed by atoms with Gasteiger partial charge in [-0.1, -0.05) is 30.3 Å². The molecule has 156 valence electrons. The molecule has 0 aromatic heterocycles. The Morgan fingerprint density at radius 1 is 0.935 bits per heavy atom. The van der Waals surface area contributed by atoms with E-state index >= 15 is 0 Å². The van der Waals surface area contributed by atoms with Gasteiger partial charge in [-0.2, -0.15) is 0 Å². The number of likely N-dealkylation sites (N-methyl/N-ethyl adjacent to an activating group) is 1. The van der Waals surface area contributed by atoms with Crippen LogP contribution < -0.4 is 10.3 Å². The zero-order valence-electron chi connectivity index (χ0n) is 18.5. The summed E-state index contributed by atoms with van der Waals surface area (Å²) in [7, 11) is 4.19. The van der Waals surface area contributed by atoms with Crippen molar-refractivity contribution in [2.75, 3.05) is 11.9 Å². The van der Waals surface area contributed by atoms with Gasteiger partial charge in [0.25, 0.3) is 0 Å². The third-order valence-corrected chi connectivity index (χ3v) is 6.69. The van der Waals surface area contributed by atoms with Crippen LogP contribution in [0.15, 0.2) is 60.7 Å². The van der Waals surface area contributed by atoms with Crippen molar-refractivity contribution >= 4 is 22.2 Å². The van der Waals surface area contributed by atoms with Gasteiger partial charge in [0.1, 0.15) is 5.82 Å². The topological polar surface area (TPSA) is 32.0 Å². The van der Waals surface area contributed by atoms with E-state index in [9.17, 15) is 4.39 Å². The van der Waals surface area contributed by atoms with E-state index in [4.69, 9.17) is 5.41 Å². The van der Waals surface area contributed by atoms with Gasteiger partial charge < -0.3 is 14.9 Å². The summed E-state index contributed by atoms with van der Waals surface area (Å²) in [5.74, 6) is -0.250. The van der Waals surface area contributed by atoms with Crippen LogP contribution in [0, 0.1) is 11.2 Å². The van der Waals surface area contributed by atoms with Crippen molar-refractivity contribution in [1.29, 1.82) is 5.41 Å². The van der Waals surface area contributed by atoms with Crippen molar-refractivity contribution in [3.63, 3.8) is 0 Å². The molecule has 1 N–H and O–H groups in total. The Morgan fingerprint density at radius 2 is 1.71 bits per heavy atom. The quantitative estimate of drug-likeness (QED) is 0.372. The molecule has 0 amide bonds. The first-order valence-electron chi connectivity index (χ1n) is 10.5. The summed E-state index contributed by atoms with van der Waals surface area (Å²) in [6.07, 6.45) is 2.31. The predicted molar refractivity (Wildman–Crippen MR) is 127 cm³/mol. The number of halogens is 1. The number of benzene rings is 3. The number of aromatic nitrogens is 1. The number of hydrogen-bond acceptors (Lipinski definition) is 2. The number of fused-ring (bicyclic) bond motifs is 4. The van der Waals surface area contributed by atoms with E-state index in [0.717, 1.165) is 33.3 Å². The molecule has 3 aliphatic rings. The van der Waals surface area contributed by atoms with Crippen molar-refractivity contribution in [2.45, 2.75) is 26.3 Å². The maximum absolute atomic E-state index is 14.2. The first-order chi connectivity index (χ1) is 14.7. The fraction of sp³-hybridized carbons (Fsp3) is 0.222. The van der Waals surface area contributed by atoms with Gasteiger partial charge in [-0.3, -0.25) is 0 Å². The van der Waals surface area contributed by atoms with Gasteiger partial charge in [-0.05, 0) is 62.2 Å². The first-order valence-corrected chi connectivity index (χ1v) is 10.5. The van der Waals surface area contributed by atoms with E-state index in [-0.39, 0.29) is 11.4 Å². The summed E-state index contributed by atoms with van der Waals surface area (Å²) in [5.41, 5.74) is 8.45. The van der Waals surface area contributed by atoms with E-state index in [0.29, 0.717) is 5.36 Å². The zero-order valence-corrected chi connectivity index (χ0v) is 18.5. The predicted octanol–water partition coefficient (Wildman–Crippen LogP) is 6.20. The van der Waals surface area contributed by atoms with Gasteiger partial charge in [-0.25, -0.2) is 4.39 Å². The number of rotatable bonds is 1. The minimum Gasteiger partial charge on any atom is -0.365 e. The molecule has 0 fully saturated rings. The zero-order chi connectivity index (χ0) is 22.1. The Morgan fingerprint density at radius 3 is 2.45 bits per heavy atom. The number of anilines is 1. The van der Waals surface area contributed by atoms with Crippen molar-refractivity contribution in [2.24, 2.45) is 7.05 Å². The summed E-state index contributed by atoms with van der Waals surface area (Å²) >= 11 is 0. The molecule has 2 aliphatic heterocycles. The lowest BCUT2D eigenvalue weighted by Gasteiger charge is -2.41. The molecular weight excluding hydrogens is 385 g/mol. The third kappa shape index (κ3) is 2.82. The number of allylic oxidation sites excluding steroid dienone is 1. The highest BCUT2D eigenvalue weighted by Crippen LogP contribution is 2.46. The highest BCUT2D eigenvalue weighted by molar-refractivity contribution is 6.09. The molecule has 0 spiro atoms. The highest BCUT2D eigenvalue weighted by atomic mass is 19.1. The Balaban J connectivity index is 2.02. The minimum atomic E-state index is -0.250. The van der Waals surface area contributed by atoms with Crippen LogP contribution >= 0.6 is 0 Å².